The number of sulfonamides is 1. The topological polar surface area (TPSA) is 37.4 Å². The van der Waals surface area contributed by atoms with Gasteiger partial charge in [0.1, 0.15) is 0 Å². The fourth-order valence-corrected chi connectivity index (χ4v) is 3.96. The zero-order valence-corrected chi connectivity index (χ0v) is 11.7. The Hall–Kier alpha value is -0.870. The van der Waals surface area contributed by atoms with Gasteiger partial charge in [0.05, 0.1) is 5.75 Å². The Morgan fingerprint density at radius 2 is 1.83 bits per heavy atom. The van der Waals surface area contributed by atoms with Crippen LogP contribution in [0.5, 0.6) is 0 Å². The first-order valence-electron chi connectivity index (χ1n) is 6.68. The molecule has 0 aromatic heterocycles. The molecule has 0 aliphatic carbocycles. The molecule has 3 nitrogen and oxygen atoms in total. The van der Waals surface area contributed by atoms with Gasteiger partial charge in [-0.25, -0.2) is 8.42 Å². The predicted molar refractivity (Wildman–Crippen MR) is 73.6 cm³/mol. The number of rotatable bonds is 5. The summed E-state index contributed by atoms with van der Waals surface area (Å²) in [6.07, 6.45) is 4.44. The molecule has 18 heavy (non-hydrogen) atoms. The lowest BCUT2D eigenvalue weighted by atomic mass is 10.1. The largest absolute Gasteiger partial charge is 0.218 e. The van der Waals surface area contributed by atoms with Gasteiger partial charge in [-0.2, -0.15) is 4.31 Å². The molecule has 1 heterocycles. The van der Waals surface area contributed by atoms with Crippen molar-refractivity contribution in [2.24, 2.45) is 0 Å². The highest BCUT2D eigenvalue weighted by Gasteiger charge is 2.28. The van der Waals surface area contributed by atoms with Crippen molar-refractivity contribution in [2.45, 2.75) is 44.9 Å². The molecule has 100 valence electrons. The van der Waals surface area contributed by atoms with E-state index in [1.807, 2.05) is 24.3 Å². The van der Waals surface area contributed by atoms with Crippen LogP contribution in [0.2, 0.25) is 0 Å². The Kier molecular flexibility index (Phi) is 4.40. The molecule has 0 radical (unpaired) electrons. The van der Waals surface area contributed by atoms with E-state index in [4.69, 9.17) is 0 Å². The van der Waals surface area contributed by atoms with Gasteiger partial charge in [0.25, 0.3) is 0 Å². The van der Waals surface area contributed by atoms with Crippen molar-refractivity contribution < 1.29 is 8.42 Å². The number of hydrogen-bond donors (Lipinski definition) is 0. The summed E-state index contributed by atoms with van der Waals surface area (Å²) in [6, 6.07) is 7.83. The van der Waals surface area contributed by atoms with E-state index in [-0.39, 0.29) is 5.75 Å². The second-order valence-corrected chi connectivity index (χ2v) is 6.89. The van der Waals surface area contributed by atoms with Crippen LogP contribution in [0.3, 0.4) is 0 Å². The molecule has 0 unspecified atom stereocenters. The molecule has 2 rings (SSSR count). The summed E-state index contributed by atoms with van der Waals surface area (Å²) in [5.41, 5.74) is 2.12. The van der Waals surface area contributed by atoms with Crippen LogP contribution in [-0.2, 0) is 22.3 Å². The fraction of sp³-hybridized carbons (Fsp3) is 0.571. The Morgan fingerprint density at radius 1 is 1.11 bits per heavy atom. The minimum Gasteiger partial charge on any atom is -0.212 e. The molecule has 1 aromatic carbocycles. The number of hydrogen-bond acceptors (Lipinski definition) is 2. The zero-order chi connectivity index (χ0) is 13.0. The van der Waals surface area contributed by atoms with Gasteiger partial charge in [0, 0.05) is 13.1 Å². The Morgan fingerprint density at radius 3 is 2.56 bits per heavy atom. The third-order valence-corrected chi connectivity index (χ3v) is 5.23. The van der Waals surface area contributed by atoms with Gasteiger partial charge in [-0.1, -0.05) is 50.5 Å². The Balaban J connectivity index is 2.04. The minimum atomic E-state index is -3.09. The molecule has 1 aliphatic heterocycles. The van der Waals surface area contributed by atoms with Crippen molar-refractivity contribution in [3.05, 3.63) is 35.4 Å². The van der Waals surface area contributed by atoms with Crippen LogP contribution in [-0.4, -0.2) is 19.3 Å². The van der Waals surface area contributed by atoms with E-state index in [1.165, 1.54) is 12.8 Å². The second-order valence-electron chi connectivity index (χ2n) is 4.92. The lowest BCUT2D eigenvalue weighted by Crippen LogP contribution is -2.36. The van der Waals surface area contributed by atoms with Gasteiger partial charge < -0.3 is 0 Å². The van der Waals surface area contributed by atoms with Crippen LogP contribution in [0.15, 0.2) is 24.3 Å². The smallest absolute Gasteiger partial charge is 0.212 e. The summed E-state index contributed by atoms with van der Waals surface area (Å²) in [5, 5.41) is 0. The highest BCUT2D eigenvalue weighted by Crippen LogP contribution is 2.24. The van der Waals surface area contributed by atoms with Crippen molar-refractivity contribution in [1.29, 1.82) is 0 Å². The van der Waals surface area contributed by atoms with E-state index >= 15 is 0 Å². The number of nitrogens with zero attached hydrogens (tertiary/aromatic N) is 1. The first-order valence-corrected chi connectivity index (χ1v) is 8.29. The highest BCUT2D eigenvalue weighted by molar-refractivity contribution is 7.88. The molecule has 0 N–H and O–H groups in total. The van der Waals surface area contributed by atoms with Crippen molar-refractivity contribution in [1.82, 2.24) is 4.31 Å². The Labute approximate surface area is 110 Å². The molecule has 1 aromatic rings. The van der Waals surface area contributed by atoms with Crippen molar-refractivity contribution in [2.75, 3.05) is 6.54 Å². The third kappa shape index (κ3) is 3.12. The van der Waals surface area contributed by atoms with E-state index in [0.717, 1.165) is 24.0 Å². The standard InChI is InChI=1S/C14H21NO2S/c1-2-3-4-7-10-15-11-13-8-5-6-9-14(13)12-18(15,16)17/h5-6,8-9H,2-4,7,10-12H2,1H3. The quantitative estimate of drug-likeness (QED) is 0.769. The van der Waals surface area contributed by atoms with Crippen molar-refractivity contribution >= 4 is 10.0 Å². The maximum absolute atomic E-state index is 12.1. The average molecular weight is 267 g/mol. The first-order chi connectivity index (χ1) is 8.63. The van der Waals surface area contributed by atoms with Gasteiger partial charge >= 0.3 is 0 Å². The monoisotopic (exact) mass is 267 g/mol. The van der Waals surface area contributed by atoms with Crippen LogP contribution in [0, 0.1) is 0 Å². The van der Waals surface area contributed by atoms with E-state index in [2.05, 4.69) is 6.92 Å². The number of benzene rings is 1. The molecular weight excluding hydrogens is 246 g/mol. The molecule has 0 spiro atoms. The number of fused-ring (bicyclic) bond motifs is 1. The molecule has 4 heteroatoms. The average Bonchev–Trinajstić information content (AvgIpc) is 2.34. The molecule has 0 saturated heterocycles. The van der Waals surface area contributed by atoms with Crippen LogP contribution in [0.4, 0.5) is 0 Å². The van der Waals surface area contributed by atoms with Crippen molar-refractivity contribution in [3.63, 3.8) is 0 Å². The third-order valence-electron chi connectivity index (χ3n) is 3.46. The summed E-state index contributed by atoms with van der Waals surface area (Å²) in [5.74, 6) is 0.164. The first kappa shape index (κ1) is 13.6. The molecular formula is C14H21NO2S. The molecule has 0 bridgehead atoms. The molecule has 1 aliphatic rings. The summed E-state index contributed by atoms with van der Waals surface area (Å²) < 4.78 is 25.9. The minimum absolute atomic E-state index is 0.164. The van der Waals surface area contributed by atoms with E-state index in [0.29, 0.717) is 13.1 Å². The van der Waals surface area contributed by atoms with E-state index in [1.54, 1.807) is 4.31 Å². The van der Waals surface area contributed by atoms with Crippen LogP contribution in [0.25, 0.3) is 0 Å². The van der Waals surface area contributed by atoms with Crippen molar-refractivity contribution in [3.8, 4) is 0 Å². The molecule has 0 amide bonds. The van der Waals surface area contributed by atoms with Gasteiger partial charge in [0.15, 0.2) is 0 Å². The van der Waals surface area contributed by atoms with Crippen LogP contribution in [0.1, 0.15) is 43.7 Å². The van der Waals surface area contributed by atoms with Crippen LogP contribution < -0.4 is 0 Å². The molecule has 0 atom stereocenters. The second kappa shape index (κ2) is 5.85. The fourth-order valence-electron chi connectivity index (χ4n) is 2.36. The maximum Gasteiger partial charge on any atom is 0.218 e. The summed E-state index contributed by atoms with van der Waals surface area (Å²) in [6.45, 7) is 3.37. The predicted octanol–water partition coefficient (Wildman–Crippen LogP) is 2.91. The van der Waals surface area contributed by atoms with Gasteiger partial charge in [0.2, 0.25) is 10.0 Å². The normalized spacial score (nSPS) is 18.5. The Bertz CT molecular complexity index is 496. The summed E-state index contributed by atoms with van der Waals surface area (Å²) in [4.78, 5) is 0. The lowest BCUT2D eigenvalue weighted by Gasteiger charge is -2.28. The maximum atomic E-state index is 12.1. The van der Waals surface area contributed by atoms with Gasteiger partial charge in [-0.05, 0) is 17.5 Å². The lowest BCUT2D eigenvalue weighted by molar-refractivity contribution is 0.384. The summed E-state index contributed by atoms with van der Waals surface area (Å²) in [7, 11) is -3.09. The van der Waals surface area contributed by atoms with E-state index in [9.17, 15) is 8.42 Å². The molecule has 0 fully saturated rings. The molecule has 0 saturated carbocycles. The SMILES string of the molecule is CCCCCCN1Cc2ccccc2CS1(=O)=O. The summed E-state index contributed by atoms with van der Waals surface area (Å²) >= 11 is 0. The van der Waals surface area contributed by atoms with E-state index < -0.39 is 10.0 Å². The van der Waals surface area contributed by atoms with Crippen LogP contribution >= 0.6 is 0 Å². The van der Waals surface area contributed by atoms with Gasteiger partial charge in [-0.3, -0.25) is 0 Å². The van der Waals surface area contributed by atoms with Gasteiger partial charge in [-0.15, -0.1) is 0 Å². The zero-order valence-electron chi connectivity index (χ0n) is 10.9. The number of unbranched alkanes of at least 4 members (excludes halogenated alkanes) is 3. The highest BCUT2D eigenvalue weighted by atomic mass is 32.2.